The molecule has 1 aromatic rings. The van der Waals surface area contributed by atoms with Gasteiger partial charge in [-0.1, -0.05) is 32.9 Å². The number of benzene rings is 1. The molecule has 5 heteroatoms. The fourth-order valence-electron chi connectivity index (χ4n) is 3.57. The van der Waals surface area contributed by atoms with Gasteiger partial charge in [-0.15, -0.1) is 0 Å². The van der Waals surface area contributed by atoms with Crippen molar-refractivity contribution in [3.05, 3.63) is 35.4 Å². The van der Waals surface area contributed by atoms with Gasteiger partial charge in [-0.05, 0) is 36.8 Å². The standard InChI is InChI=1S/C19H24N2O3/c1-12(2)16(19(24)20-10-8-13(3)9-11-20)21-17(22)14-6-4-5-7-15(14)18(21)23/h4-7,12-13,16H,8-11H2,1-3H3/t16-/m1/s1. The van der Waals surface area contributed by atoms with Crippen molar-refractivity contribution in [2.24, 2.45) is 11.8 Å². The Balaban J connectivity index is 1.88. The van der Waals surface area contributed by atoms with Crippen LogP contribution >= 0.6 is 0 Å². The van der Waals surface area contributed by atoms with E-state index in [2.05, 4.69) is 6.92 Å². The van der Waals surface area contributed by atoms with Crippen LogP contribution in [0.5, 0.6) is 0 Å². The molecule has 3 rings (SSSR count). The Morgan fingerprint density at radius 3 is 2.00 bits per heavy atom. The van der Waals surface area contributed by atoms with E-state index in [9.17, 15) is 14.4 Å². The van der Waals surface area contributed by atoms with Crippen LogP contribution in [0.3, 0.4) is 0 Å². The first kappa shape index (κ1) is 16.7. The second kappa shape index (κ2) is 6.38. The van der Waals surface area contributed by atoms with E-state index in [1.807, 2.05) is 18.7 Å². The van der Waals surface area contributed by atoms with Gasteiger partial charge in [-0.25, -0.2) is 0 Å². The Hall–Kier alpha value is -2.17. The minimum absolute atomic E-state index is 0.105. The number of nitrogens with zero attached hydrogens (tertiary/aromatic N) is 2. The maximum Gasteiger partial charge on any atom is 0.262 e. The zero-order valence-corrected chi connectivity index (χ0v) is 14.5. The topological polar surface area (TPSA) is 57.7 Å². The normalized spacial score (nSPS) is 19.8. The molecule has 1 saturated heterocycles. The number of hydrogen-bond acceptors (Lipinski definition) is 3. The highest BCUT2D eigenvalue weighted by Gasteiger charge is 2.45. The molecular weight excluding hydrogens is 304 g/mol. The summed E-state index contributed by atoms with van der Waals surface area (Å²) in [6.45, 7) is 7.36. The lowest BCUT2D eigenvalue weighted by atomic mass is 9.96. The van der Waals surface area contributed by atoms with Gasteiger partial charge in [0.1, 0.15) is 6.04 Å². The predicted molar refractivity (Wildman–Crippen MR) is 90.5 cm³/mol. The number of imide groups is 1. The molecule has 2 aliphatic rings. The van der Waals surface area contributed by atoms with Gasteiger partial charge in [0, 0.05) is 13.1 Å². The van der Waals surface area contributed by atoms with Crippen LogP contribution in [0.25, 0.3) is 0 Å². The molecule has 2 heterocycles. The van der Waals surface area contributed by atoms with E-state index in [1.54, 1.807) is 24.3 Å². The van der Waals surface area contributed by atoms with Crippen LogP contribution in [0.15, 0.2) is 24.3 Å². The summed E-state index contributed by atoms with van der Waals surface area (Å²) in [5.41, 5.74) is 0.793. The average molecular weight is 328 g/mol. The van der Waals surface area contributed by atoms with Crippen molar-refractivity contribution >= 4 is 17.7 Å². The monoisotopic (exact) mass is 328 g/mol. The molecule has 0 aliphatic carbocycles. The van der Waals surface area contributed by atoms with Gasteiger partial charge in [0.15, 0.2) is 0 Å². The summed E-state index contributed by atoms with van der Waals surface area (Å²) >= 11 is 0. The third-order valence-corrected chi connectivity index (χ3v) is 5.08. The number of fused-ring (bicyclic) bond motifs is 1. The van der Waals surface area contributed by atoms with Gasteiger partial charge in [0.2, 0.25) is 5.91 Å². The molecule has 1 fully saturated rings. The molecule has 0 saturated carbocycles. The fourth-order valence-corrected chi connectivity index (χ4v) is 3.57. The first-order chi connectivity index (χ1) is 11.4. The average Bonchev–Trinajstić information content (AvgIpc) is 2.81. The summed E-state index contributed by atoms with van der Waals surface area (Å²) in [5, 5.41) is 0. The minimum atomic E-state index is -0.731. The highest BCUT2D eigenvalue weighted by molar-refractivity contribution is 6.22. The first-order valence-corrected chi connectivity index (χ1v) is 8.67. The van der Waals surface area contributed by atoms with Crippen molar-refractivity contribution in [1.82, 2.24) is 9.80 Å². The molecular formula is C19H24N2O3. The van der Waals surface area contributed by atoms with E-state index in [-0.39, 0.29) is 23.6 Å². The van der Waals surface area contributed by atoms with Crippen LogP contribution in [0.2, 0.25) is 0 Å². The number of likely N-dealkylation sites (tertiary alicyclic amines) is 1. The van der Waals surface area contributed by atoms with Gasteiger partial charge < -0.3 is 4.90 Å². The van der Waals surface area contributed by atoms with Crippen LogP contribution in [-0.4, -0.2) is 46.7 Å². The van der Waals surface area contributed by atoms with Crippen molar-refractivity contribution < 1.29 is 14.4 Å². The second-order valence-electron chi connectivity index (χ2n) is 7.22. The third kappa shape index (κ3) is 2.72. The molecule has 24 heavy (non-hydrogen) atoms. The van der Waals surface area contributed by atoms with E-state index in [0.717, 1.165) is 12.8 Å². The molecule has 0 unspecified atom stereocenters. The Morgan fingerprint density at radius 1 is 1.04 bits per heavy atom. The number of hydrogen-bond donors (Lipinski definition) is 0. The zero-order valence-electron chi connectivity index (χ0n) is 14.5. The van der Waals surface area contributed by atoms with Gasteiger partial charge >= 0.3 is 0 Å². The summed E-state index contributed by atoms with van der Waals surface area (Å²) < 4.78 is 0. The van der Waals surface area contributed by atoms with Gasteiger partial charge in [0.25, 0.3) is 11.8 Å². The maximum absolute atomic E-state index is 13.1. The van der Waals surface area contributed by atoms with Gasteiger partial charge in [-0.3, -0.25) is 19.3 Å². The lowest BCUT2D eigenvalue weighted by Crippen LogP contribution is -2.54. The molecule has 0 spiro atoms. The Morgan fingerprint density at radius 2 is 1.54 bits per heavy atom. The van der Waals surface area contributed by atoms with Crippen molar-refractivity contribution in [3.63, 3.8) is 0 Å². The smallest absolute Gasteiger partial charge is 0.262 e. The number of carbonyl (C=O) groups excluding carboxylic acids is 3. The number of amides is 3. The van der Waals surface area contributed by atoms with Crippen molar-refractivity contribution in [1.29, 1.82) is 0 Å². The molecule has 0 N–H and O–H groups in total. The van der Waals surface area contributed by atoms with Gasteiger partial charge in [0.05, 0.1) is 11.1 Å². The predicted octanol–water partition coefficient (Wildman–Crippen LogP) is 2.57. The molecule has 1 aromatic carbocycles. The van der Waals surface area contributed by atoms with Crippen LogP contribution < -0.4 is 0 Å². The van der Waals surface area contributed by atoms with E-state index in [1.165, 1.54) is 4.90 Å². The molecule has 128 valence electrons. The molecule has 0 aromatic heterocycles. The molecule has 2 aliphatic heterocycles. The highest BCUT2D eigenvalue weighted by Crippen LogP contribution is 2.29. The maximum atomic E-state index is 13.1. The summed E-state index contributed by atoms with van der Waals surface area (Å²) in [6.07, 6.45) is 1.94. The molecule has 0 radical (unpaired) electrons. The summed E-state index contributed by atoms with van der Waals surface area (Å²) in [4.78, 5) is 41.5. The quantitative estimate of drug-likeness (QED) is 0.801. The van der Waals surface area contributed by atoms with Gasteiger partial charge in [-0.2, -0.15) is 0 Å². The minimum Gasteiger partial charge on any atom is -0.341 e. The van der Waals surface area contributed by atoms with Crippen LogP contribution in [0.1, 0.15) is 54.3 Å². The molecule has 5 nitrogen and oxygen atoms in total. The van der Waals surface area contributed by atoms with E-state index in [4.69, 9.17) is 0 Å². The fraction of sp³-hybridized carbons (Fsp3) is 0.526. The van der Waals surface area contributed by atoms with E-state index in [0.29, 0.717) is 30.1 Å². The number of piperidine rings is 1. The van der Waals surface area contributed by atoms with E-state index >= 15 is 0 Å². The SMILES string of the molecule is CC1CCN(C(=O)[C@@H](C(C)C)N2C(=O)c3ccccc3C2=O)CC1. The first-order valence-electron chi connectivity index (χ1n) is 8.67. The highest BCUT2D eigenvalue weighted by atomic mass is 16.2. The zero-order chi connectivity index (χ0) is 17.4. The summed E-state index contributed by atoms with van der Waals surface area (Å²) in [6, 6.07) is 6.06. The number of rotatable bonds is 3. The van der Waals surface area contributed by atoms with Crippen LogP contribution in [-0.2, 0) is 4.79 Å². The van der Waals surface area contributed by atoms with Crippen LogP contribution in [0.4, 0.5) is 0 Å². The Bertz CT molecular complexity index is 640. The third-order valence-electron chi connectivity index (χ3n) is 5.08. The van der Waals surface area contributed by atoms with Crippen molar-refractivity contribution in [2.75, 3.05) is 13.1 Å². The lowest BCUT2D eigenvalue weighted by Gasteiger charge is -2.36. The molecule has 1 atom stereocenters. The van der Waals surface area contributed by atoms with E-state index < -0.39 is 6.04 Å². The van der Waals surface area contributed by atoms with Crippen molar-refractivity contribution in [3.8, 4) is 0 Å². The summed E-state index contributed by atoms with van der Waals surface area (Å²) in [5.74, 6) is -0.322. The Kier molecular flexibility index (Phi) is 4.43. The lowest BCUT2D eigenvalue weighted by molar-refractivity contribution is -0.138. The number of carbonyl (C=O) groups is 3. The Labute approximate surface area is 142 Å². The summed E-state index contributed by atoms with van der Waals surface area (Å²) in [7, 11) is 0. The largest absolute Gasteiger partial charge is 0.341 e. The van der Waals surface area contributed by atoms with Crippen LogP contribution in [0, 0.1) is 11.8 Å². The molecule has 0 bridgehead atoms. The second-order valence-corrected chi connectivity index (χ2v) is 7.22. The van der Waals surface area contributed by atoms with Crippen molar-refractivity contribution in [2.45, 2.75) is 39.7 Å². The molecule has 3 amide bonds.